The van der Waals surface area contributed by atoms with Crippen LogP contribution in [0.1, 0.15) is 45.1 Å². The van der Waals surface area contributed by atoms with Gasteiger partial charge in [-0.3, -0.25) is 4.90 Å². The molecule has 0 radical (unpaired) electrons. The van der Waals surface area contributed by atoms with Crippen molar-refractivity contribution in [2.75, 3.05) is 13.2 Å². The number of nitrogens with zero attached hydrogens (tertiary/aromatic N) is 4. The summed E-state index contributed by atoms with van der Waals surface area (Å²) in [6, 6.07) is 10.8. The number of hydrogen-bond acceptors (Lipinski definition) is 4. The minimum Gasteiger partial charge on any atom is -0.375 e. The number of hydrogen-bond donors (Lipinski definition) is 0. The minimum absolute atomic E-state index is 0.0635. The average molecular weight is 314 g/mol. The van der Waals surface area contributed by atoms with Gasteiger partial charge in [-0.2, -0.15) is 5.10 Å². The predicted octanol–water partition coefficient (Wildman–Crippen LogP) is 3.00. The molecule has 1 fully saturated rings. The van der Waals surface area contributed by atoms with Crippen LogP contribution in [0.4, 0.5) is 0 Å². The van der Waals surface area contributed by atoms with E-state index >= 15 is 0 Å². The lowest BCUT2D eigenvalue weighted by molar-refractivity contribution is -0.0613. The van der Waals surface area contributed by atoms with Gasteiger partial charge < -0.3 is 4.74 Å². The zero-order valence-electron chi connectivity index (χ0n) is 14.4. The number of aromatic nitrogens is 3. The van der Waals surface area contributed by atoms with Crippen molar-refractivity contribution in [3.8, 4) is 0 Å². The smallest absolute Gasteiger partial charge is 0.141 e. The molecule has 1 saturated heterocycles. The molecule has 1 aromatic carbocycles. The third-order valence-corrected chi connectivity index (χ3v) is 4.25. The highest BCUT2D eigenvalue weighted by molar-refractivity contribution is 5.20. The maximum absolute atomic E-state index is 5.91. The molecule has 2 heterocycles. The van der Waals surface area contributed by atoms with Gasteiger partial charge in [-0.15, -0.1) is 0 Å². The standard InChI is InChI=1S/C18H26N4O/c1-14-10-21(11-17-19-13-20-22(17)18(2,3)4)16(12-23-14)15-8-6-5-7-9-15/h5-9,13-14,16H,10-12H2,1-4H3/t14-,16-/m0/s1. The monoisotopic (exact) mass is 314 g/mol. The van der Waals surface area contributed by atoms with Gasteiger partial charge in [0.2, 0.25) is 0 Å². The molecular weight excluding hydrogens is 288 g/mol. The van der Waals surface area contributed by atoms with E-state index in [-0.39, 0.29) is 17.7 Å². The fraction of sp³-hybridized carbons (Fsp3) is 0.556. The Morgan fingerprint density at radius 3 is 2.65 bits per heavy atom. The molecule has 0 amide bonds. The topological polar surface area (TPSA) is 43.2 Å². The molecule has 0 aliphatic carbocycles. The molecule has 2 aromatic rings. The van der Waals surface area contributed by atoms with Gasteiger partial charge in [0, 0.05) is 6.54 Å². The second-order valence-corrected chi connectivity index (χ2v) is 7.26. The third-order valence-electron chi connectivity index (χ3n) is 4.25. The van der Waals surface area contributed by atoms with Crippen LogP contribution in [0.25, 0.3) is 0 Å². The van der Waals surface area contributed by atoms with E-state index in [4.69, 9.17) is 4.74 Å². The summed E-state index contributed by atoms with van der Waals surface area (Å²) in [4.78, 5) is 6.95. The van der Waals surface area contributed by atoms with Gasteiger partial charge in [-0.1, -0.05) is 30.3 Å². The Kier molecular flexibility index (Phi) is 4.50. The quantitative estimate of drug-likeness (QED) is 0.873. The zero-order chi connectivity index (χ0) is 16.4. The predicted molar refractivity (Wildman–Crippen MR) is 90.0 cm³/mol. The minimum atomic E-state index is -0.0635. The van der Waals surface area contributed by atoms with Gasteiger partial charge in [-0.25, -0.2) is 9.67 Å². The van der Waals surface area contributed by atoms with Crippen LogP contribution in [0.3, 0.4) is 0 Å². The highest BCUT2D eigenvalue weighted by Crippen LogP contribution is 2.28. The summed E-state index contributed by atoms with van der Waals surface area (Å²) < 4.78 is 7.93. The van der Waals surface area contributed by atoms with Crippen molar-refractivity contribution in [1.82, 2.24) is 19.7 Å². The van der Waals surface area contributed by atoms with Gasteiger partial charge in [0.05, 0.1) is 30.8 Å². The van der Waals surface area contributed by atoms with Gasteiger partial charge >= 0.3 is 0 Å². The molecule has 23 heavy (non-hydrogen) atoms. The van der Waals surface area contributed by atoms with E-state index in [0.29, 0.717) is 0 Å². The second kappa shape index (κ2) is 6.42. The Morgan fingerprint density at radius 1 is 1.22 bits per heavy atom. The number of ether oxygens (including phenoxy) is 1. The van der Waals surface area contributed by atoms with Crippen LogP contribution in [-0.2, 0) is 16.8 Å². The SMILES string of the molecule is C[C@H]1CN(Cc2ncnn2C(C)(C)C)[C@H](c2ccccc2)CO1. The highest BCUT2D eigenvalue weighted by Gasteiger charge is 2.30. The van der Waals surface area contributed by atoms with Gasteiger partial charge in [0.1, 0.15) is 12.2 Å². The number of rotatable bonds is 3. The van der Waals surface area contributed by atoms with E-state index in [0.717, 1.165) is 25.5 Å². The summed E-state index contributed by atoms with van der Waals surface area (Å²) in [6.07, 6.45) is 1.89. The molecule has 5 heteroatoms. The highest BCUT2D eigenvalue weighted by atomic mass is 16.5. The Hall–Kier alpha value is -1.72. The van der Waals surface area contributed by atoms with E-state index in [1.807, 2.05) is 4.68 Å². The third kappa shape index (κ3) is 3.62. The number of morpholine rings is 1. The van der Waals surface area contributed by atoms with E-state index < -0.39 is 0 Å². The van der Waals surface area contributed by atoms with Crippen LogP contribution < -0.4 is 0 Å². The van der Waals surface area contributed by atoms with Crippen LogP contribution in [0.15, 0.2) is 36.7 Å². The summed E-state index contributed by atoms with van der Waals surface area (Å²) in [5.41, 5.74) is 1.23. The summed E-state index contributed by atoms with van der Waals surface area (Å²) in [5.74, 6) is 1.01. The van der Waals surface area contributed by atoms with Gasteiger partial charge in [-0.05, 0) is 33.3 Å². The molecule has 124 valence electrons. The summed E-state index contributed by atoms with van der Waals surface area (Å²) in [5, 5.41) is 4.42. The molecule has 1 aliphatic heterocycles. The van der Waals surface area contributed by atoms with Crippen LogP contribution in [0, 0.1) is 0 Å². The van der Waals surface area contributed by atoms with E-state index in [2.05, 4.69) is 73.0 Å². The van der Waals surface area contributed by atoms with E-state index in [9.17, 15) is 0 Å². The van der Waals surface area contributed by atoms with Crippen LogP contribution >= 0.6 is 0 Å². The molecule has 0 bridgehead atoms. The molecule has 0 N–H and O–H groups in total. The fourth-order valence-corrected chi connectivity index (χ4v) is 3.14. The zero-order valence-corrected chi connectivity index (χ0v) is 14.4. The Labute approximate surface area is 138 Å². The molecule has 2 atom stereocenters. The van der Waals surface area contributed by atoms with Crippen LogP contribution in [0.2, 0.25) is 0 Å². The first-order valence-corrected chi connectivity index (χ1v) is 8.25. The van der Waals surface area contributed by atoms with E-state index in [1.165, 1.54) is 5.56 Å². The fourth-order valence-electron chi connectivity index (χ4n) is 3.14. The molecule has 1 aromatic heterocycles. The van der Waals surface area contributed by atoms with Crippen molar-refractivity contribution in [2.24, 2.45) is 0 Å². The number of benzene rings is 1. The van der Waals surface area contributed by atoms with Crippen molar-refractivity contribution >= 4 is 0 Å². The summed E-state index contributed by atoms with van der Waals surface area (Å²) >= 11 is 0. The van der Waals surface area contributed by atoms with Crippen molar-refractivity contribution < 1.29 is 4.74 Å². The molecule has 0 unspecified atom stereocenters. The largest absolute Gasteiger partial charge is 0.375 e. The van der Waals surface area contributed by atoms with Crippen molar-refractivity contribution in [3.63, 3.8) is 0 Å². The Morgan fingerprint density at radius 2 is 1.96 bits per heavy atom. The first-order valence-electron chi connectivity index (χ1n) is 8.25. The van der Waals surface area contributed by atoms with Gasteiger partial charge in [0.15, 0.2) is 0 Å². The molecular formula is C18H26N4O. The summed E-state index contributed by atoms with van der Waals surface area (Å²) in [7, 11) is 0. The molecule has 3 rings (SSSR count). The Bertz CT molecular complexity index is 632. The maximum atomic E-state index is 5.91. The van der Waals surface area contributed by atoms with Crippen LogP contribution in [-0.4, -0.2) is 38.9 Å². The van der Waals surface area contributed by atoms with Crippen LogP contribution in [0.5, 0.6) is 0 Å². The lowest BCUT2D eigenvalue weighted by atomic mass is 10.0. The average Bonchev–Trinajstić information content (AvgIpc) is 2.97. The van der Waals surface area contributed by atoms with Gasteiger partial charge in [0.25, 0.3) is 0 Å². The molecule has 0 spiro atoms. The second-order valence-electron chi connectivity index (χ2n) is 7.26. The molecule has 0 saturated carbocycles. The van der Waals surface area contributed by atoms with Crippen molar-refractivity contribution in [1.29, 1.82) is 0 Å². The lowest BCUT2D eigenvalue weighted by Crippen LogP contribution is -2.44. The maximum Gasteiger partial charge on any atom is 0.141 e. The molecule has 5 nitrogen and oxygen atoms in total. The van der Waals surface area contributed by atoms with E-state index in [1.54, 1.807) is 6.33 Å². The van der Waals surface area contributed by atoms with Crippen molar-refractivity contribution in [2.45, 2.75) is 51.9 Å². The molecule has 1 aliphatic rings. The first kappa shape index (κ1) is 16.1. The van der Waals surface area contributed by atoms with Crippen molar-refractivity contribution in [3.05, 3.63) is 48.0 Å². The normalized spacial score (nSPS) is 23.1. The Balaban J connectivity index is 1.85. The summed E-state index contributed by atoms with van der Waals surface area (Å²) in [6.45, 7) is 11.0. The lowest BCUT2D eigenvalue weighted by Gasteiger charge is -2.39. The first-order chi connectivity index (χ1) is 10.9.